The van der Waals surface area contributed by atoms with Crippen LogP contribution in [0.15, 0.2) is 24.3 Å². The molecular weight excluding hydrogens is 238 g/mol. The minimum Gasteiger partial charge on any atom is -0.352 e. The Hall–Kier alpha value is -1.39. The highest BCUT2D eigenvalue weighted by Crippen LogP contribution is 2.03. The molecule has 0 aromatic heterocycles. The first-order valence-corrected chi connectivity index (χ1v) is 6.82. The van der Waals surface area contributed by atoms with Crippen molar-refractivity contribution in [1.82, 2.24) is 10.2 Å². The van der Waals surface area contributed by atoms with E-state index >= 15 is 0 Å². The highest BCUT2D eigenvalue weighted by atomic mass is 16.1. The van der Waals surface area contributed by atoms with Gasteiger partial charge in [-0.2, -0.15) is 0 Å². The van der Waals surface area contributed by atoms with Crippen LogP contribution in [0, 0.1) is 0 Å². The molecule has 3 N–H and O–H groups in total. The van der Waals surface area contributed by atoms with E-state index in [1.807, 2.05) is 24.3 Å². The third kappa shape index (κ3) is 5.41. The van der Waals surface area contributed by atoms with Crippen LogP contribution in [0.5, 0.6) is 0 Å². The maximum absolute atomic E-state index is 11.9. The van der Waals surface area contributed by atoms with Gasteiger partial charge in [0.1, 0.15) is 0 Å². The Morgan fingerprint density at radius 1 is 1.32 bits per heavy atom. The molecule has 0 saturated carbocycles. The molecule has 1 amide bonds. The first kappa shape index (κ1) is 15.7. The van der Waals surface area contributed by atoms with Crippen molar-refractivity contribution in [3.05, 3.63) is 35.4 Å². The Balaban J connectivity index is 2.31. The van der Waals surface area contributed by atoms with Gasteiger partial charge in [0.15, 0.2) is 0 Å². The second-order valence-electron chi connectivity index (χ2n) is 5.08. The maximum atomic E-state index is 11.9. The van der Waals surface area contributed by atoms with Crippen molar-refractivity contribution in [2.24, 2.45) is 5.73 Å². The van der Waals surface area contributed by atoms with Crippen LogP contribution in [0.25, 0.3) is 0 Å². The average Bonchev–Trinajstić information content (AvgIpc) is 2.43. The number of hydrogen-bond donors (Lipinski definition) is 2. The number of carbonyl (C=O) groups excluding carboxylic acids is 1. The quantitative estimate of drug-likeness (QED) is 0.735. The van der Waals surface area contributed by atoms with Gasteiger partial charge in [0.05, 0.1) is 0 Å². The summed E-state index contributed by atoms with van der Waals surface area (Å²) in [4.78, 5) is 14.1. The van der Waals surface area contributed by atoms with Crippen LogP contribution in [0.1, 0.15) is 36.2 Å². The Labute approximate surface area is 116 Å². The summed E-state index contributed by atoms with van der Waals surface area (Å²) >= 11 is 0. The molecule has 0 saturated heterocycles. The van der Waals surface area contributed by atoms with E-state index in [1.165, 1.54) is 0 Å². The van der Waals surface area contributed by atoms with Crippen LogP contribution in [-0.4, -0.2) is 37.0 Å². The van der Waals surface area contributed by atoms with E-state index < -0.39 is 0 Å². The summed E-state index contributed by atoms with van der Waals surface area (Å²) < 4.78 is 0. The minimum absolute atomic E-state index is 0.0178. The van der Waals surface area contributed by atoms with E-state index in [0.29, 0.717) is 24.7 Å². The molecule has 19 heavy (non-hydrogen) atoms. The SMILES string of the molecule is CC(C)N(C)CCCNC(=O)c1ccc(CN)cc1. The number of nitrogens with zero attached hydrogens (tertiary/aromatic N) is 1. The normalized spacial score (nSPS) is 11.1. The molecule has 0 radical (unpaired) electrons. The molecule has 0 spiro atoms. The number of benzene rings is 1. The summed E-state index contributed by atoms with van der Waals surface area (Å²) in [5.74, 6) is -0.0178. The summed E-state index contributed by atoms with van der Waals surface area (Å²) in [5.41, 5.74) is 7.25. The van der Waals surface area contributed by atoms with Gasteiger partial charge >= 0.3 is 0 Å². The van der Waals surface area contributed by atoms with Crippen molar-refractivity contribution in [1.29, 1.82) is 0 Å². The van der Waals surface area contributed by atoms with Crippen LogP contribution in [0.3, 0.4) is 0 Å². The monoisotopic (exact) mass is 263 g/mol. The Morgan fingerprint density at radius 2 is 1.95 bits per heavy atom. The molecule has 1 rings (SSSR count). The lowest BCUT2D eigenvalue weighted by molar-refractivity contribution is 0.0951. The van der Waals surface area contributed by atoms with E-state index in [-0.39, 0.29) is 5.91 Å². The Morgan fingerprint density at radius 3 is 2.47 bits per heavy atom. The third-order valence-electron chi connectivity index (χ3n) is 3.31. The summed E-state index contributed by atoms with van der Waals surface area (Å²) in [6.45, 7) is 6.52. The molecule has 106 valence electrons. The lowest BCUT2D eigenvalue weighted by atomic mass is 10.1. The molecule has 0 bridgehead atoms. The Bertz CT molecular complexity index is 387. The lowest BCUT2D eigenvalue weighted by Gasteiger charge is -2.20. The van der Waals surface area contributed by atoms with Crippen molar-refractivity contribution in [3.63, 3.8) is 0 Å². The number of carbonyl (C=O) groups is 1. The highest BCUT2D eigenvalue weighted by molar-refractivity contribution is 5.94. The number of nitrogens with two attached hydrogens (primary N) is 1. The molecule has 0 unspecified atom stereocenters. The molecule has 0 fully saturated rings. The fourth-order valence-electron chi connectivity index (χ4n) is 1.68. The van der Waals surface area contributed by atoms with Gasteiger partial charge in [-0.15, -0.1) is 0 Å². The zero-order valence-corrected chi connectivity index (χ0v) is 12.1. The van der Waals surface area contributed by atoms with Gasteiger partial charge in [-0.1, -0.05) is 12.1 Å². The van der Waals surface area contributed by atoms with Crippen LogP contribution < -0.4 is 11.1 Å². The predicted octanol–water partition coefficient (Wildman–Crippen LogP) is 1.61. The fraction of sp³-hybridized carbons (Fsp3) is 0.533. The van der Waals surface area contributed by atoms with E-state index in [0.717, 1.165) is 18.5 Å². The van der Waals surface area contributed by atoms with Gasteiger partial charge in [0.2, 0.25) is 0 Å². The standard InChI is InChI=1S/C15H25N3O/c1-12(2)18(3)10-4-9-17-15(19)14-7-5-13(11-16)6-8-14/h5-8,12H,4,9-11,16H2,1-3H3,(H,17,19). The smallest absolute Gasteiger partial charge is 0.251 e. The average molecular weight is 263 g/mol. The maximum Gasteiger partial charge on any atom is 0.251 e. The molecular formula is C15H25N3O. The predicted molar refractivity (Wildman–Crippen MR) is 79.0 cm³/mol. The number of hydrogen-bond acceptors (Lipinski definition) is 3. The molecule has 1 aromatic rings. The first-order valence-electron chi connectivity index (χ1n) is 6.82. The van der Waals surface area contributed by atoms with Crippen molar-refractivity contribution < 1.29 is 4.79 Å². The van der Waals surface area contributed by atoms with Gasteiger partial charge in [0, 0.05) is 24.7 Å². The molecule has 0 aliphatic heterocycles. The van der Waals surface area contributed by atoms with Crippen LogP contribution in [0.4, 0.5) is 0 Å². The first-order chi connectivity index (χ1) is 9.04. The minimum atomic E-state index is -0.0178. The zero-order valence-electron chi connectivity index (χ0n) is 12.1. The number of rotatable bonds is 7. The topological polar surface area (TPSA) is 58.4 Å². The second-order valence-corrected chi connectivity index (χ2v) is 5.08. The molecule has 0 aliphatic carbocycles. The van der Waals surface area contributed by atoms with E-state index in [4.69, 9.17) is 5.73 Å². The van der Waals surface area contributed by atoms with Crippen molar-refractivity contribution >= 4 is 5.91 Å². The van der Waals surface area contributed by atoms with Crippen LogP contribution in [0.2, 0.25) is 0 Å². The van der Waals surface area contributed by atoms with Gasteiger partial charge < -0.3 is 16.0 Å². The molecule has 0 aliphatic rings. The van der Waals surface area contributed by atoms with Crippen molar-refractivity contribution in [2.75, 3.05) is 20.1 Å². The lowest BCUT2D eigenvalue weighted by Crippen LogP contribution is -2.31. The largest absolute Gasteiger partial charge is 0.352 e. The number of amides is 1. The van der Waals surface area contributed by atoms with E-state index in [9.17, 15) is 4.79 Å². The molecule has 4 heteroatoms. The van der Waals surface area contributed by atoms with E-state index in [2.05, 4.69) is 31.1 Å². The fourth-order valence-corrected chi connectivity index (χ4v) is 1.68. The van der Waals surface area contributed by atoms with Crippen LogP contribution >= 0.6 is 0 Å². The second kappa shape index (κ2) is 7.92. The van der Waals surface area contributed by atoms with E-state index in [1.54, 1.807) is 0 Å². The van der Waals surface area contributed by atoms with Crippen LogP contribution in [-0.2, 0) is 6.54 Å². The van der Waals surface area contributed by atoms with Gasteiger partial charge in [0.25, 0.3) is 5.91 Å². The molecule has 1 aromatic carbocycles. The van der Waals surface area contributed by atoms with Crippen molar-refractivity contribution in [3.8, 4) is 0 Å². The molecule has 0 heterocycles. The van der Waals surface area contributed by atoms with Gasteiger partial charge in [-0.25, -0.2) is 0 Å². The van der Waals surface area contributed by atoms with Gasteiger partial charge in [-0.05, 0) is 51.6 Å². The summed E-state index contributed by atoms with van der Waals surface area (Å²) in [6, 6.07) is 7.96. The zero-order chi connectivity index (χ0) is 14.3. The highest BCUT2D eigenvalue weighted by Gasteiger charge is 2.05. The van der Waals surface area contributed by atoms with Crippen molar-refractivity contribution in [2.45, 2.75) is 32.9 Å². The molecule has 4 nitrogen and oxygen atoms in total. The number of nitrogens with one attached hydrogen (secondary N) is 1. The molecule has 0 atom stereocenters. The summed E-state index contributed by atoms with van der Waals surface area (Å²) in [6.07, 6.45) is 0.960. The van der Waals surface area contributed by atoms with Gasteiger partial charge in [-0.3, -0.25) is 4.79 Å². The summed E-state index contributed by atoms with van der Waals surface area (Å²) in [5, 5.41) is 2.93. The Kier molecular flexibility index (Phi) is 6.53. The third-order valence-corrected chi connectivity index (χ3v) is 3.31. The summed E-state index contributed by atoms with van der Waals surface area (Å²) in [7, 11) is 2.10.